The van der Waals surface area contributed by atoms with Crippen LogP contribution in [0.25, 0.3) is 5.82 Å². The fraction of sp³-hybridized carbons (Fsp3) is 0.550. The van der Waals surface area contributed by atoms with Crippen LogP contribution < -0.4 is 5.32 Å². The van der Waals surface area contributed by atoms with E-state index in [9.17, 15) is 0 Å². The quantitative estimate of drug-likeness (QED) is 0.253. The van der Waals surface area contributed by atoms with Crippen molar-refractivity contribution >= 4 is 29.9 Å². The minimum Gasteiger partial charge on any atom is -0.385 e. The van der Waals surface area contributed by atoms with Crippen LogP contribution in [0.5, 0.6) is 0 Å². The second-order valence-electron chi connectivity index (χ2n) is 6.80. The highest BCUT2D eigenvalue weighted by Gasteiger charge is 2.21. The number of hydrogen-bond donors (Lipinski definition) is 1. The number of imidazole rings is 1. The SMILES string of the molecule is CN=C(NCc1ccc(-n2ccnc2)nc1)N1CCC(OCCCOC)CC1.I. The normalized spacial score (nSPS) is 15.2. The Labute approximate surface area is 189 Å². The summed E-state index contributed by atoms with van der Waals surface area (Å²) in [6, 6.07) is 4.07. The maximum atomic E-state index is 5.94. The second-order valence-corrected chi connectivity index (χ2v) is 6.80. The van der Waals surface area contributed by atoms with E-state index >= 15 is 0 Å². The third-order valence-electron chi connectivity index (χ3n) is 4.83. The van der Waals surface area contributed by atoms with Gasteiger partial charge in [0.05, 0.1) is 6.10 Å². The van der Waals surface area contributed by atoms with Crippen molar-refractivity contribution in [2.75, 3.05) is 40.5 Å². The molecule has 1 aliphatic heterocycles. The van der Waals surface area contributed by atoms with Crippen molar-refractivity contribution in [3.63, 3.8) is 0 Å². The Balaban J connectivity index is 0.00000300. The molecule has 0 aliphatic carbocycles. The standard InChI is InChI=1S/C20H30N6O2.HI/c1-21-20(25-9-6-18(7-10-25)28-13-3-12-27-2)24-15-17-4-5-19(23-14-17)26-11-8-22-16-26;/h4-5,8,11,14,16,18H,3,6-7,9-10,12-13,15H2,1-2H3,(H,21,24);1H. The number of halogens is 1. The topological polar surface area (TPSA) is 76.8 Å². The summed E-state index contributed by atoms with van der Waals surface area (Å²) in [6.45, 7) is 4.12. The zero-order valence-corrected chi connectivity index (χ0v) is 19.5. The molecule has 0 atom stereocenters. The van der Waals surface area contributed by atoms with Gasteiger partial charge in [-0.25, -0.2) is 9.97 Å². The minimum absolute atomic E-state index is 0. The van der Waals surface area contributed by atoms with Crippen LogP contribution in [0.15, 0.2) is 42.0 Å². The summed E-state index contributed by atoms with van der Waals surface area (Å²) in [5.74, 6) is 1.79. The summed E-state index contributed by atoms with van der Waals surface area (Å²) in [6.07, 6.45) is 10.6. The average molecular weight is 514 g/mol. The fourth-order valence-electron chi connectivity index (χ4n) is 3.27. The largest absolute Gasteiger partial charge is 0.385 e. The number of likely N-dealkylation sites (tertiary alicyclic amines) is 1. The number of ether oxygens (including phenoxy) is 2. The molecule has 1 fully saturated rings. The first kappa shape index (κ1) is 23.6. The maximum absolute atomic E-state index is 5.94. The second kappa shape index (κ2) is 12.8. The van der Waals surface area contributed by atoms with Gasteiger partial charge in [0.1, 0.15) is 12.1 Å². The molecular weight excluding hydrogens is 483 g/mol. The first-order valence-corrected chi connectivity index (χ1v) is 9.79. The van der Waals surface area contributed by atoms with E-state index in [4.69, 9.17) is 9.47 Å². The predicted molar refractivity (Wildman–Crippen MR) is 124 cm³/mol. The molecule has 0 bridgehead atoms. The Hall–Kier alpha value is -1.72. The third kappa shape index (κ3) is 7.23. The van der Waals surface area contributed by atoms with E-state index < -0.39 is 0 Å². The van der Waals surface area contributed by atoms with E-state index in [0.717, 1.165) is 62.9 Å². The summed E-state index contributed by atoms with van der Waals surface area (Å²) < 4.78 is 12.9. The number of hydrogen-bond acceptors (Lipinski definition) is 5. The number of methoxy groups -OCH3 is 1. The number of nitrogens with one attached hydrogen (secondary N) is 1. The molecule has 1 saturated heterocycles. The van der Waals surface area contributed by atoms with Crippen LogP contribution in [-0.4, -0.2) is 72.0 Å². The minimum atomic E-state index is 0. The zero-order valence-electron chi connectivity index (χ0n) is 17.2. The molecule has 0 aromatic carbocycles. The van der Waals surface area contributed by atoms with Gasteiger partial charge in [-0.1, -0.05) is 6.07 Å². The van der Waals surface area contributed by atoms with Crippen molar-refractivity contribution in [2.24, 2.45) is 4.99 Å². The van der Waals surface area contributed by atoms with Crippen molar-refractivity contribution < 1.29 is 9.47 Å². The van der Waals surface area contributed by atoms with E-state index in [2.05, 4.69) is 31.2 Å². The van der Waals surface area contributed by atoms with E-state index in [1.54, 1.807) is 19.6 Å². The Morgan fingerprint density at radius 3 is 2.72 bits per heavy atom. The highest BCUT2D eigenvalue weighted by molar-refractivity contribution is 14.0. The molecule has 1 aliphatic rings. The van der Waals surface area contributed by atoms with Crippen LogP contribution in [-0.2, 0) is 16.0 Å². The molecule has 160 valence electrons. The van der Waals surface area contributed by atoms with Crippen molar-refractivity contribution in [1.29, 1.82) is 0 Å². The molecule has 0 spiro atoms. The maximum Gasteiger partial charge on any atom is 0.193 e. The number of nitrogens with zero attached hydrogens (tertiary/aromatic N) is 5. The summed E-state index contributed by atoms with van der Waals surface area (Å²) >= 11 is 0. The summed E-state index contributed by atoms with van der Waals surface area (Å²) in [5.41, 5.74) is 1.11. The van der Waals surface area contributed by atoms with Crippen molar-refractivity contribution in [3.8, 4) is 5.82 Å². The molecule has 2 aromatic rings. The molecule has 3 heterocycles. The Morgan fingerprint density at radius 2 is 2.10 bits per heavy atom. The Morgan fingerprint density at radius 1 is 1.28 bits per heavy atom. The van der Waals surface area contributed by atoms with Gasteiger partial charge in [0, 0.05) is 65.6 Å². The lowest BCUT2D eigenvalue weighted by Gasteiger charge is -2.34. The van der Waals surface area contributed by atoms with Gasteiger partial charge < -0.3 is 19.7 Å². The number of pyridine rings is 1. The number of guanidine groups is 1. The average Bonchev–Trinajstić information content (AvgIpc) is 3.28. The lowest BCUT2D eigenvalue weighted by molar-refractivity contribution is 0.00989. The Kier molecular flexibility index (Phi) is 10.4. The molecule has 0 amide bonds. The van der Waals surface area contributed by atoms with Crippen LogP contribution in [0.1, 0.15) is 24.8 Å². The number of aliphatic imine (C=N–C) groups is 1. The predicted octanol–water partition coefficient (Wildman–Crippen LogP) is 2.48. The van der Waals surface area contributed by atoms with E-state index in [1.165, 1.54) is 0 Å². The molecule has 2 aromatic heterocycles. The van der Waals surface area contributed by atoms with Gasteiger partial charge in [-0.2, -0.15) is 0 Å². The van der Waals surface area contributed by atoms with Crippen LogP contribution in [0.3, 0.4) is 0 Å². The van der Waals surface area contributed by atoms with Gasteiger partial charge >= 0.3 is 0 Å². The van der Waals surface area contributed by atoms with Crippen molar-refractivity contribution in [1.82, 2.24) is 24.8 Å². The van der Waals surface area contributed by atoms with Crippen molar-refractivity contribution in [3.05, 3.63) is 42.6 Å². The lowest BCUT2D eigenvalue weighted by atomic mass is 10.1. The first-order valence-electron chi connectivity index (χ1n) is 9.79. The number of aromatic nitrogens is 3. The molecule has 0 radical (unpaired) electrons. The van der Waals surface area contributed by atoms with Gasteiger partial charge in [-0.05, 0) is 30.9 Å². The highest BCUT2D eigenvalue weighted by Crippen LogP contribution is 2.14. The highest BCUT2D eigenvalue weighted by atomic mass is 127. The van der Waals surface area contributed by atoms with E-state index in [-0.39, 0.29) is 24.0 Å². The van der Waals surface area contributed by atoms with Crippen LogP contribution in [0, 0.1) is 0 Å². The third-order valence-corrected chi connectivity index (χ3v) is 4.83. The monoisotopic (exact) mass is 514 g/mol. The van der Waals surface area contributed by atoms with Gasteiger partial charge in [0.25, 0.3) is 0 Å². The summed E-state index contributed by atoms with van der Waals surface area (Å²) in [5, 5.41) is 3.44. The van der Waals surface area contributed by atoms with E-state index in [1.807, 2.05) is 30.1 Å². The van der Waals surface area contributed by atoms with Crippen molar-refractivity contribution in [2.45, 2.75) is 31.9 Å². The lowest BCUT2D eigenvalue weighted by Crippen LogP contribution is -2.46. The molecule has 0 unspecified atom stereocenters. The first-order chi connectivity index (χ1) is 13.8. The van der Waals surface area contributed by atoms with Crippen LogP contribution in [0.2, 0.25) is 0 Å². The van der Waals surface area contributed by atoms with E-state index in [0.29, 0.717) is 12.6 Å². The van der Waals surface area contributed by atoms with Gasteiger partial charge in [-0.15, -0.1) is 24.0 Å². The van der Waals surface area contributed by atoms with Gasteiger partial charge in [-0.3, -0.25) is 9.56 Å². The Bertz CT molecular complexity index is 715. The molecule has 3 rings (SSSR count). The summed E-state index contributed by atoms with van der Waals surface area (Å²) in [7, 11) is 3.55. The molecule has 9 heteroatoms. The fourth-order valence-corrected chi connectivity index (χ4v) is 3.27. The summed E-state index contributed by atoms with van der Waals surface area (Å²) in [4.78, 5) is 15.3. The smallest absolute Gasteiger partial charge is 0.193 e. The molecule has 1 N–H and O–H groups in total. The zero-order chi connectivity index (χ0) is 19.6. The molecular formula is C20H31IN6O2. The number of piperidine rings is 1. The van der Waals surface area contributed by atoms with Crippen LogP contribution in [0.4, 0.5) is 0 Å². The van der Waals surface area contributed by atoms with Crippen LogP contribution >= 0.6 is 24.0 Å². The molecule has 8 nitrogen and oxygen atoms in total. The van der Waals surface area contributed by atoms with Gasteiger partial charge in [0.15, 0.2) is 5.96 Å². The number of rotatable bonds is 8. The molecule has 0 saturated carbocycles. The molecule has 29 heavy (non-hydrogen) atoms. The van der Waals surface area contributed by atoms with Gasteiger partial charge in [0.2, 0.25) is 0 Å².